The summed E-state index contributed by atoms with van der Waals surface area (Å²) in [5, 5.41) is 2.86. The molecule has 3 rings (SSSR count). The molecule has 1 aromatic carbocycles. The molecule has 2 aromatic rings. The standard InChI is InChI=1S/C29H38N2O4/c32-21-24(19-22-13-9-8-10-14-22)30-29(35)23-15-11-6-4-2-1-3-5-7-12-16-27(33)25-17-18-26(31-25)28(34)20-23/h8-10,13-14,17-18,21,23-24,31H,1-7,11-12,15-16,19-20H2,(H,30,35)/t23-,24+/m1/s1. The largest absolute Gasteiger partial charge is 0.350 e. The summed E-state index contributed by atoms with van der Waals surface area (Å²) >= 11 is 0. The fourth-order valence-corrected chi connectivity index (χ4v) is 4.73. The molecule has 2 bridgehead atoms. The zero-order valence-electron chi connectivity index (χ0n) is 20.6. The highest BCUT2D eigenvalue weighted by Crippen LogP contribution is 2.20. The average Bonchev–Trinajstić information content (AvgIpc) is 3.36. The van der Waals surface area contributed by atoms with Crippen LogP contribution in [0.15, 0.2) is 42.5 Å². The van der Waals surface area contributed by atoms with Crippen LogP contribution in [-0.2, 0) is 16.0 Å². The van der Waals surface area contributed by atoms with Crippen LogP contribution in [0.4, 0.5) is 0 Å². The summed E-state index contributed by atoms with van der Waals surface area (Å²) in [6.45, 7) is 0. The SMILES string of the molecule is O=C[C@H](Cc1ccccc1)NC(=O)[C@@H]1CCCCCCCCCCCC(=O)c2ccc([nH]2)C(=O)C1. The van der Waals surface area contributed by atoms with Crippen molar-refractivity contribution in [3.05, 3.63) is 59.4 Å². The van der Waals surface area contributed by atoms with Crippen molar-refractivity contribution < 1.29 is 19.2 Å². The van der Waals surface area contributed by atoms with E-state index in [1.165, 1.54) is 19.3 Å². The Labute approximate surface area is 208 Å². The number of benzene rings is 1. The van der Waals surface area contributed by atoms with Gasteiger partial charge in [-0.1, -0.05) is 81.7 Å². The van der Waals surface area contributed by atoms with Gasteiger partial charge in [0.25, 0.3) is 0 Å². The van der Waals surface area contributed by atoms with Crippen LogP contribution in [0.3, 0.4) is 0 Å². The zero-order valence-corrected chi connectivity index (χ0v) is 20.6. The molecule has 0 fully saturated rings. The molecule has 35 heavy (non-hydrogen) atoms. The van der Waals surface area contributed by atoms with E-state index < -0.39 is 12.0 Å². The number of hydrogen-bond donors (Lipinski definition) is 2. The zero-order chi connectivity index (χ0) is 24.9. The van der Waals surface area contributed by atoms with Crippen LogP contribution < -0.4 is 5.32 Å². The van der Waals surface area contributed by atoms with Gasteiger partial charge in [-0.25, -0.2) is 0 Å². The van der Waals surface area contributed by atoms with Gasteiger partial charge in [0.15, 0.2) is 11.6 Å². The number of Topliss-reactive ketones (excluding diaryl/α,β-unsaturated/α-hetero) is 2. The van der Waals surface area contributed by atoms with Crippen LogP contribution in [0.1, 0.15) is 104 Å². The maximum atomic E-state index is 13.2. The van der Waals surface area contributed by atoms with E-state index in [9.17, 15) is 19.2 Å². The number of aldehydes is 1. The molecule has 1 aliphatic rings. The fraction of sp³-hybridized carbons (Fsp3) is 0.517. The maximum Gasteiger partial charge on any atom is 0.224 e. The van der Waals surface area contributed by atoms with Crippen LogP contribution >= 0.6 is 0 Å². The molecule has 0 radical (unpaired) electrons. The fourth-order valence-electron chi connectivity index (χ4n) is 4.73. The molecule has 0 spiro atoms. The smallest absolute Gasteiger partial charge is 0.224 e. The van der Waals surface area contributed by atoms with E-state index >= 15 is 0 Å². The predicted molar refractivity (Wildman–Crippen MR) is 136 cm³/mol. The molecule has 0 aliphatic carbocycles. The number of hydrogen-bond acceptors (Lipinski definition) is 4. The highest BCUT2D eigenvalue weighted by Gasteiger charge is 2.25. The first kappa shape index (κ1) is 26.6. The Morgan fingerprint density at radius 1 is 0.857 bits per heavy atom. The quantitative estimate of drug-likeness (QED) is 0.545. The number of carbonyl (C=O) groups is 4. The van der Waals surface area contributed by atoms with Gasteiger partial charge in [-0.2, -0.15) is 0 Å². The van der Waals surface area contributed by atoms with Gasteiger partial charge in [0.2, 0.25) is 5.91 Å². The molecular formula is C29H38N2O4. The summed E-state index contributed by atoms with van der Waals surface area (Å²) in [5.74, 6) is -0.934. The van der Waals surface area contributed by atoms with Gasteiger partial charge in [-0.05, 0) is 37.0 Å². The molecule has 0 unspecified atom stereocenters. The minimum absolute atomic E-state index is 0.0224. The molecule has 188 valence electrons. The Morgan fingerprint density at radius 2 is 1.46 bits per heavy atom. The van der Waals surface area contributed by atoms with Crippen LogP contribution in [-0.4, -0.2) is 34.8 Å². The average molecular weight is 479 g/mol. The highest BCUT2D eigenvalue weighted by atomic mass is 16.2. The molecule has 6 nitrogen and oxygen atoms in total. The van der Waals surface area contributed by atoms with Gasteiger partial charge >= 0.3 is 0 Å². The second-order valence-corrected chi connectivity index (χ2v) is 9.69. The van der Waals surface area contributed by atoms with Crippen molar-refractivity contribution in [2.24, 2.45) is 5.92 Å². The normalized spacial score (nSPS) is 19.8. The van der Waals surface area contributed by atoms with Gasteiger partial charge in [0.05, 0.1) is 17.4 Å². The summed E-state index contributed by atoms with van der Waals surface area (Å²) in [6, 6.07) is 12.2. The van der Waals surface area contributed by atoms with Crippen molar-refractivity contribution in [3.8, 4) is 0 Å². The number of H-pyrrole nitrogens is 1. The molecule has 1 amide bonds. The first-order valence-corrected chi connectivity index (χ1v) is 13.1. The third-order valence-corrected chi connectivity index (χ3v) is 6.84. The minimum Gasteiger partial charge on any atom is -0.350 e. The summed E-state index contributed by atoms with van der Waals surface area (Å²) < 4.78 is 0. The van der Waals surface area contributed by atoms with Gasteiger partial charge in [0, 0.05) is 18.8 Å². The number of rotatable bonds is 5. The van der Waals surface area contributed by atoms with Gasteiger partial charge in [-0.3, -0.25) is 14.4 Å². The van der Waals surface area contributed by atoms with Crippen LogP contribution in [0.5, 0.6) is 0 Å². The van der Waals surface area contributed by atoms with E-state index in [1.54, 1.807) is 12.1 Å². The van der Waals surface area contributed by atoms with Crippen molar-refractivity contribution in [2.75, 3.05) is 0 Å². The second-order valence-electron chi connectivity index (χ2n) is 9.69. The van der Waals surface area contributed by atoms with Crippen LogP contribution in [0, 0.1) is 5.92 Å². The summed E-state index contributed by atoms with van der Waals surface area (Å²) in [5.41, 5.74) is 1.79. The summed E-state index contributed by atoms with van der Waals surface area (Å²) in [7, 11) is 0. The number of aromatic amines is 1. The Balaban J connectivity index is 1.68. The monoisotopic (exact) mass is 478 g/mol. The van der Waals surface area contributed by atoms with E-state index in [0.717, 1.165) is 50.4 Å². The first-order valence-electron chi connectivity index (χ1n) is 13.1. The Morgan fingerprint density at radius 3 is 2.11 bits per heavy atom. The molecule has 0 saturated carbocycles. The lowest BCUT2D eigenvalue weighted by molar-refractivity contribution is -0.127. The molecule has 1 aliphatic heterocycles. The molecule has 1 aromatic heterocycles. The maximum absolute atomic E-state index is 13.2. The summed E-state index contributed by atoms with van der Waals surface area (Å²) in [6.07, 6.45) is 11.9. The number of ketones is 2. The molecule has 2 heterocycles. The third-order valence-electron chi connectivity index (χ3n) is 6.84. The lowest BCUT2D eigenvalue weighted by Crippen LogP contribution is -2.41. The van der Waals surface area contributed by atoms with E-state index in [4.69, 9.17) is 0 Å². The molecule has 2 N–H and O–H groups in total. The minimum atomic E-state index is -0.636. The van der Waals surface area contributed by atoms with Crippen molar-refractivity contribution in [3.63, 3.8) is 0 Å². The molecular weight excluding hydrogens is 440 g/mol. The van der Waals surface area contributed by atoms with Gasteiger partial charge in [0.1, 0.15) is 6.29 Å². The van der Waals surface area contributed by atoms with Gasteiger partial charge in [-0.15, -0.1) is 0 Å². The van der Waals surface area contributed by atoms with Crippen molar-refractivity contribution in [2.45, 2.75) is 89.5 Å². The Hall–Kier alpha value is -3.02. The van der Waals surface area contributed by atoms with Crippen molar-refractivity contribution >= 4 is 23.8 Å². The van der Waals surface area contributed by atoms with E-state index in [0.29, 0.717) is 30.7 Å². The van der Waals surface area contributed by atoms with Gasteiger partial charge < -0.3 is 15.1 Å². The van der Waals surface area contributed by atoms with E-state index in [2.05, 4.69) is 10.3 Å². The third kappa shape index (κ3) is 8.93. The number of nitrogens with one attached hydrogen (secondary N) is 2. The van der Waals surface area contributed by atoms with Crippen molar-refractivity contribution in [1.29, 1.82) is 0 Å². The lowest BCUT2D eigenvalue weighted by atomic mass is 9.92. The number of amides is 1. The van der Waals surface area contributed by atoms with E-state index in [1.807, 2.05) is 30.3 Å². The van der Waals surface area contributed by atoms with E-state index in [-0.39, 0.29) is 23.9 Å². The summed E-state index contributed by atoms with van der Waals surface area (Å²) in [4.78, 5) is 53.3. The predicted octanol–water partition coefficient (Wildman–Crippen LogP) is 5.62. The van der Waals surface area contributed by atoms with Crippen LogP contribution in [0.2, 0.25) is 0 Å². The first-order chi connectivity index (χ1) is 17.1. The highest BCUT2D eigenvalue weighted by molar-refractivity contribution is 6.00. The number of aromatic nitrogens is 1. The topological polar surface area (TPSA) is 96.1 Å². The molecule has 6 heteroatoms. The molecule has 0 saturated heterocycles. The van der Waals surface area contributed by atoms with Crippen LogP contribution in [0.25, 0.3) is 0 Å². The van der Waals surface area contributed by atoms with Crippen molar-refractivity contribution in [1.82, 2.24) is 10.3 Å². The second kappa shape index (κ2) is 14.4. The Bertz CT molecular complexity index is 966. The molecule has 2 atom stereocenters. The lowest BCUT2D eigenvalue weighted by Gasteiger charge is -2.19. The number of carbonyl (C=O) groups excluding carboxylic acids is 4. The number of fused-ring (bicyclic) bond motifs is 2. The Kier molecular flexibility index (Phi) is 10.9.